The standard InChI is InChI=1S/C23H22N2O3/c1-17(28-21-13-6-3-7-14-21)23(27)25-20-12-8-11-19(16-20)24-22(26)15-18-9-4-2-5-10-18/h2-14,16-17H,15H2,1H3,(H,24,26)(H,25,27). The molecule has 28 heavy (non-hydrogen) atoms. The van der Waals surface area contributed by atoms with Crippen LogP contribution in [0.4, 0.5) is 11.4 Å². The van der Waals surface area contributed by atoms with Crippen LogP contribution in [0.1, 0.15) is 12.5 Å². The lowest BCUT2D eigenvalue weighted by molar-refractivity contribution is -0.122. The highest BCUT2D eigenvalue weighted by Crippen LogP contribution is 2.17. The van der Waals surface area contributed by atoms with Crippen LogP contribution in [-0.2, 0) is 16.0 Å². The van der Waals surface area contributed by atoms with Gasteiger partial charge in [0, 0.05) is 11.4 Å². The van der Waals surface area contributed by atoms with Gasteiger partial charge < -0.3 is 15.4 Å². The van der Waals surface area contributed by atoms with E-state index in [-0.39, 0.29) is 11.8 Å². The van der Waals surface area contributed by atoms with Crippen LogP contribution < -0.4 is 15.4 Å². The molecule has 0 aliphatic rings. The molecule has 3 rings (SSSR count). The van der Waals surface area contributed by atoms with Gasteiger partial charge >= 0.3 is 0 Å². The topological polar surface area (TPSA) is 67.4 Å². The summed E-state index contributed by atoms with van der Waals surface area (Å²) < 4.78 is 5.63. The van der Waals surface area contributed by atoms with Crippen LogP contribution >= 0.6 is 0 Å². The zero-order valence-electron chi connectivity index (χ0n) is 15.6. The Morgan fingerprint density at radius 1 is 0.821 bits per heavy atom. The summed E-state index contributed by atoms with van der Waals surface area (Å²) in [5.74, 6) is 0.249. The molecule has 5 heteroatoms. The molecule has 2 N–H and O–H groups in total. The van der Waals surface area contributed by atoms with Crippen molar-refractivity contribution >= 4 is 23.2 Å². The highest BCUT2D eigenvalue weighted by atomic mass is 16.5. The zero-order chi connectivity index (χ0) is 19.8. The van der Waals surface area contributed by atoms with E-state index in [4.69, 9.17) is 4.74 Å². The summed E-state index contributed by atoms with van der Waals surface area (Å²) in [5.41, 5.74) is 2.15. The molecule has 3 aromatic rings. The van der Waals surface area contributed by atoms with E-state index in [1.165, 1.54) is 0 Å². The highest BCUT2D eigenvalue weighted by Gasteiger charge is 2.15. The van der Waals surface area contributed by atoms with Gasteiger partial charge in [0.2, 0.25) is 5.91 Å². The van der Waals surface area contributed by atoms with E-state index in [1.54, 1.807) is 43.3 Å². The summed E-state index contributed by atoms with van der Waals surface area (Å²) in [6.07, 6.45) is -0.363. The minimum absolute atomic E-state index is 0.115. The number of para-hydroxylation sites is 1. The quantitative estimate of drug-likeness (QED) is 0.649. The first-order chi connectivity index (χ1) is 13.6. The Bertz CT molecular complexity index is 927. The van der Waals surface area contributed by atoms with Crippen molar-refractivity contribution in [2.45, 2.75) is 19.4 Å². The second-order valence-corrected chi connectivity index (χ2v) is 6.35. The second kappa shape index (κ2) is 9.37. The Morgan fingerprint density at radius 2 is 1.43 bits per heavy atom. The van der Waals surface area contributed by atoms with Crippen LogP contribution in [0.5, 0.6) is 5.75 Å². The summed E-state index contributed by atoms with van der Waals surface area (Å²) in [7, 11) is 0. The minimum Gasteiger partial charge on any atom is -0.481 e. The summed E-state index contributed by atoms with van der Waals surface area (Å²) >= 11 is 0. The first-order valence-corrected chi connectivity index (χ1v) is 9.06. The molecule has 0 heterocycles. The molecule has 0 aliphatic heterocycles. The molecular weight excluding hydrogens is 352 g/mol. The summed E-state index contributed by atoms with van der Waals surface area (Å²) in [5, 5.41) is 5.66. The molecule has 0 fully saturated rings. The maximum absolute atomic E-state index is 12.4. The smallest absolute Gasteiger partial charge is 0.265 e. The lowest BCUT2D eigenvalue weighted by Gasteiger charge is -2.15. The third kappa shape index (κ3) is 5.71. The van der Waals surface area contributed by atoms with Crippen LogP contribution in [0.3, 0.4) is 0 Å². The average Bonchev–Trinajstić information content (AvgIpc) is 2.69. The third-order valence-corrected chi connectivity index (χ3v) is 4.05. The molecule has 0 bridgehead atoms. The monoisotopic (exact) mass is 374 g/mol. The van der Waals surface area contributed by atoms with Crippen molar-refractivity contribution in [1.29, 1.82) is 0 Å². The first kappa shape index (κ1) is 19.2. The molecule has 0 aromatic heterocycles. The predicted octanol–water partition coefficient (Wildman–Crippen LogP) is 4.27. The Hall–Kier alpha value is -3.60. The molecule has 142 valence electrons. The molecule has 1 unspecified atom stereocenters. The summed E-state index contributed by atoms with van der Waals surface area (Å²) in [6.45, 7) is 1.69. The van der Waals surface area contributed by atoms with Crippen LogP contribution in [0, 0.1) is 0 Å². The first-order valence-electron chi connectivity index (χ1n) is 9.06. The van der Waals surface area contributed by atoms with Crippen molar-refractivity contribution in [3.63, 3.8) is 0 Å². The van der Waals surface area contributed by atoms with Gasteiger partial charge in [0.1, 0.15) is 5.75 Å². The van der Waals surface area contributed by atoms with Gasteiger partial charge in [-0.1, -0.05) is 54.6 Å². The maximum atomic E-state index is 12.4. The van der Waals surface area contributed by atoms with E-state index in [0.717, 1.165) is 5.56 Å². The molecule has 0 saturated carbocycles. The van der Waals surface area contributed by atoms with Crippen LogP contribution in [0.25, 0.3) is 0 Å². The second-order valence-electron chi connectivity index (χ2n) is 6.35. The van der Waals surface area contributed by atoms with Crippen LogP contribution in [0.15, 0.2) is 84.9 Å². The SMILES string of the molecule is CC(Oc1ccccc1)C(=O)Nc1cccc(NC(=O)Cc2ccccc2)c1. The fraction of sp³-hybridized carbons (Fsp3) is 0.130. The molecule has 1 atom stereocenters. The van der Waals surface area contributed by atoms with Gasteiger partial charge in [-0.3, -0.25) is 9.59 Å². The number of ether oxygens (including phenoxy) is 1. The highest BCUT2D eigenvalue weighted by molar-refractivity contribution is 5.96. The number of hydrogen-bond donors (Lipinski definition) is 2. The van der Waals surface area contributed by atoms with Gasteiger partial charge in [0.05, 0.1) is 6.42 Å². The van der Waals surface area contributed by atoms with E-state index >= 15 is 0 Å². The predicted molar refractivity (Wildman–Crippen MR) is 110 cm³/mol. The van der Waals surface area contributed by atoms with Crippen molar-refractivity contribution in [2.75, 3.05) is 10.6 Å². The largest absolute Gasteiger partial charge is 0.481 e. The number of benzene rings is 3. The van der Waals surface area contributed by atoms with Gasteiger partial charge in [-0.2, -0.15) is 0 Å². The summed E-state index contributed by atoms with van der Waals surface area (Å²) in [4.78, 5) is 24.6. The van der Waals surface area contributed by atoms with Gasteiger partial charge in [0.25, 0.3) is 5.91 Å². The molecule has 0 radical (unpaired) electrons. The lowest BCUT2D eigenvalue weighted by Crippen LogP contribution is -2.30. The van der Waals surface area contributed by atoms with E-state index in [2.05, 4.69) is 10.6 Å². The van der Waals surface area contributed by atoms with Gasteiger partial charge in [-0.05, 0) is 42.8 Å². The number of carbonyl (C=O) groups excluding carboxylic acids is 2. The molecule has 0 spiro atoms. The van der Waals surface area contributed by atoms with E-state index in [9.17, 15) is 9.59 Å². The van der Waals surface area contributed by atoms with E-state index < -0.39 is 6.10 Å². The molecule has 5 nitrogen and oxygen atoms in total. The fourth-order valence-electron chi connectivity index (χ4n) is 2.66. The van der Waals surface area contributed by atoms with Crippen LogP contribution in [-0.4, -0.2) is 17.9 Å². The Morgan fingerprint density at radius 3 is 2.11 bits per heavy atom. The zero-order valence-corrected chi connectivity index (χ0v) is 15.6. The van der Waals surface area contributed by atoms with Crippen molar-refractivity contribution < 1.29 is 14.3 Å². The Labute approximate surface area is 164 Å². The molecule has 2 amide bonds. The number of nitrogens with one attached hydrogen (secondary N) is 2. The average molecular weight is 374 g/mol. The number of rotatable bonds is 7. The molecule has 3 aromatic carbocycles. The lowest BCUT2D eigenvalue weighted by atomic mass is 10.1. The van der Waals surface area contributed by atoms with Gasteiger partial charge in [-0.25, -0.2) is 0 Å². The van der Waals surface area contributed by atoms with E-state index in [0.29, 0.717) is 23.5 Å². The molecular formula is C23H22N2O3. The van der Waals surface area contributed by atoms with Gasteiger partial charge in [0.15, 0.2) is 6.10 Å². The van der Waals surface area contributed by atoms with Crippen molar-refractivity contribution in [1.82, 2.24) is 0 Å². The van der Waals surface area contributed by atoms with Gasteiger partial charge in [-0.15, -0.1) is 0 Å². The van der Waals surface area contributed by atoms with Crippen molar-refractivity contribution in [3.05, 3.63) is 90.5 Å². The van der Waals surface area contributed by atoms with Crippen LogP contribution in [0.2, 0.25) is 0 Å². The minimum atomic E-state index is -0.654. The normalized spacial score (nSPS) is 11.3. The Kier molecular flexibility index (Phi) is 6.41. The molecule has 0 aliphatic carbocycles. The number of amides is 2. The third-order valence-electron chi connectivity index (χ3n) is 4.05. The van der Waals surface area contributed by atoms with Crippen molar-refractivity contribution in [3.8, 4) is 5.75 Å². The number of carbonyl (C=O) groups is 2. The maximum Gasteiger partial charge on any atom is 0.265 e. The van der Waals surface area contributed by atoms with E-state index in [1.807, 2.05) is 48.5 Å². The van der Waals surface area contributed by atoms with Crippen molar-refractivity contribution in [2.24, 2.45) is 0 Å². The Balaban J connectivity index is 1.56. The number of anilines is 2. The summed E-state index contributed by atoms with van der Waals surface area (Å²) in [6, 6.07) is 25.7. The fourth-order valence-corrected chi connectivity index (χ4v) is 2.66. The molecule has 0 saturated heterocycles. The number of hydrogen-bond acceptors (Lipinski definition) is 3.